The molecule has 0 atom stereocenters. The molecule has 0 fully saturated rings. The van der Waals surface area contributed by atoms with Crippen LogP contribution in [0.15, 0.2) is 235 Å². The third-order valence-electron chi connectivity index (χ3n) is 12.2. The number of hydrogen-bond donors (Lipinski definition) is 0. The van der Waals surface area contributed by atoms with E-state index in [1.54, 1.807) is 0 Å². The van der Waals surface area contributed by atoms with Gasteiger partial charge in [-0.2, -0.15) is 0 Å². The number of anilines is 3. The van der Waals surface area contributed by atoms with Crippen LogP contribution in [0, 0.1) is 0 Å². The zero-order valence-corrected chi connectivity index (χ0v) is 33.2. The molecule has 0 aliphatic rings. The van der Waals surface area contributed by atoms with Gasteiger partial charge in [0, 0.05) is 49.7 Å². The van der Waals surface area contributed by atoms with Gasteiger partial charge >= 0.3 is 0 Å². The minimum absolute atomic E-state index is 0.896. The lowest BCUT2D eigenvalue weighted by Crippen LogP contribution is -2.10. The first-order valence-corrected chi connectivity index (χ1v) is 20.8. The maximum absolute atomic E-state index is 6.54. The highest BCUT2D eigenvalue weighted by atomic mass is 16.3. The Kier molecular flexibility index (Phi) is 8.17. The minimum Gasteiger partial charge on any atom is -0.455 e. The molecule has 2 heterocycles. The van der Waals surface area contributed by atoms with E-state index in [-0.39, 0.29) is 0 Å². The number of rotatable bonds is 7. The maximum Gasteiger partial charge on any atom is 0.143 e. The lowest BCUT2D eigenvalue weighted by atomic mass is 9.97. The van der Waals surface area contributed by atoms with Gasteiger partial charge in [-0.1, -0.05) is 158 Å². The topological polar surface area (TPSA) is 21.3 Å². The predicted molar refractivity (Wildman–Crippen MR) is 257 cm³/mol. The van der Waals surface area contributed by atoms with Gasteiger partial charge in [0.1, 0.15) is 11.2 Å². The zero-order chi connectivity index (χ0) is 40.3. The highest BCUT2D eigenvalue weighted by Crippen LogP contribution is 2.42. The van der Waals surface area contributed by atoms with Gasteiger partial charge in [0.05, 0.1) is 11.0 Å². The van der Waals surface area contributed by atoms with Crippen molar-refractivity contribution >= 4 is 71.6 Å². The van der Waals surface area contributed by atoms with Crippen LogP contribution in [0.4, 0.5) is 17.1 Å². The van der Waals surface area contributed by atoms with Crippen LogP contribution in [0.5, 0.6) is 0 Å². The summed E-state index contributed by atoms with van der Waals surface area (Å²) in [5.41, 5.74) is 15.6. The predicted octanol–water partition coefficient (Wildman–Crippen LogP) is 16.3. The number of fused-ring (bicyclic) bond motifs is 8. The molecule has 0 amide bonds. The Morgan fingerprint density at radius 1 is 0.344 bits per heavy atom. The van der Waals surface area contributed by atoms with E-state index in [4.69, 9.17) is 4.42 Å². The maximum atomic E-state index is 6.54. The Morgan fingerprint density at radius 2 is 0.918 bits per heavy atom. The van der Waals surface area contributed by atoms with Crippen molar-refractivity contribution < 1.29 is 4.42 Å². The lowest BCUT2D eigenvalue weighted by molar-refractivity contribution is 0.673. The fourth-order valence-electron chi connectivity index (χ4n) is 9.32. The smallest absolute Gasteiger partial charge is 0.143 e. The Balaban J connectivity index is 0.944. The first kappa shape index (κ1) is 34.9. The van der Waals surface area contributed by atoms with Crippen molar-refractivity contribution in [3.63, 3.8) is 0 Å². The summed E-state index contributed by atoms with van der Waals surface area (Å²) in [4.78, 5) is 2.36. The third kappa shape index (κ3) is 5.90. The molecule has 12 rings (SSSR count). The van der Waals surface area contributed by atoms with Crippen LogP contribution in [0.3, 0.4) is 0 Å². The van der Waals surface area contributed by atoms with Gasteiger partial charge in [-0.3, -0.25) is 0 Å². The van der Waals surface area contributed by atoms with Crippen molar-refractivity contribution in [1.82, 2.24) is 4.57 Å². The molecule has 0 N–H and O–H groups in total. The molecule has 2 aromatic heterocycles. The quantitative estimate of drug-likeness (QED) is 0.161. The number of hydrogen-bond acceptors (Lipinski definition) is 2. The molecule has 10 aromatic carbocycles. The number of aromatic nitrogens is 1. The van der Waals surface area contributed by atoms with Crippen LogP contribution >= 0.6 is 0 Å². The second-order valence-electron chi connectivity index (χ2n) is 15.7. The zero-order valence-electron chi connectivity index (χ0n) is 33.2. The van der Waals surface area contributed by atoms with Gasteiger partial charge in [0.25, 0.3) is 0 Å². The average Bonchev–Trinajstić information content (AvgIpc) is 3.89. The van der Waals surface area contributed by atoms with Crippen molar-refractivity contribution in [3.8, 4) is 39.1 Å². The van der Waals surface area contributed by atoms with E-state index in [0.29, 0.717) is 0 Å². The monoisotopic (exact) mass is 778 g/mol. The summed E-state index contributed by atoms with van der Waals surface area (Å²) in [7, 11) is 0. The normalized spacial score (nSPS) is 11.6. The largest absolute Gasteiger partial charge is 0.455 e. The summed E-state index contributed by atoms with van der Waals surface area (Å²) in [5.74, 6) is 0. The molecule has 0 aliphatic heterocycles. The molecule has 12 aromatic rings. The molecule has 0 aliphatic carbocycles. The fraction of sp³-hybridized carbons (Fsp3) is 0. The SMILES string of the molecule is c1ccc(-c2cccc(N(c3ccc(-c4cccc(-n5c6ccccc6c6ccccc65)c4)cc3)c3ccc(-c4cccc5oc6c7ccccc7ccc6c45)cc3)c2)cc1. The van der Waals surface area contributed by atoms with E-state index in [1.165, 1.54) is 43.9 Å². The van der Waals surface area contributed by atoms with Gasteiger partial charge in [-0.25, -0.2) is 0 Å². The second kappa shape index (κ2) is 14.3. The molecule has 3 nitrogen and oxygen atoms in total. The summed E-state index contributed by atoms with van der Waals surface area (Å²) < 4.78 is 8.92. The molecule has 0 saturated heterocycles. The van der Waals surface area contributed by atoms with E-state index in [1.807, 2.05) is 0 Å². The van der Waals surface area contributed by atoms with Crippen LogP contribution in [0.2, 0.25) is 0 Å². The third-order valence-corrected chi connectivity index (χ3v) is 12.2. The van der Waals surface area contributed by atoms with Crippen molar-refractivity contribution in [1.29, 1.82) is 0 Å². The number of furan rings is 1. The standard InChI is InChI=1S/C58H38N2O/c1-2-13-39(14-3-1)43-16-10-18-47(37-43)59(46-34-29-42(30-35-46)49-23-12-26-56-57(49)53-36-31-41-15-4-5-20-50(41)58(53)61-56)45-32-27-40(28-33-45)44-17-11-19-48(38-44)60-54-24-8-6-21-51(54)52-22-7-9-25-55(52)60/h1-38H. The molecule has 286 valence electrons. The molecule has 0 radical (unpaired) electrons. The highest BCUT2D eigenvalue weighted by molar-refractivity contribution is 6.19. The van der Waals surface area contributed by atoms with Crippen molar-refractivity contribution in [2.75, 3.05) is 4.90 Å². The van der Waals surface area contributed by atoms with E-state index < -0.39 is 0 Å². The Labute approximate surface area is 353 Å². The first-order valence-electron chi connectivity index (χ1n) is 20.8. The Bertz CT molecular complexity index is 3520. The van der Waals surface area contributed by atoms with Gasteiger partial charge in [0.2, 0.25) is 0 Å². The fourth-order valence-corrected chi connectivity index (χ4v) is 9.32. The average molecular weight is 779 g/mol. The van der Waals surface area contributed by atoms with Gasteiger partial charge in [-0.15, -0.1) is 0 Å². The van der Waals surface area contributed by atoms with Crippen molar-refractivity contribution in [2.24, 2.45) is 0 Å². The Morgan fingerprint density at radius 3 is 1.66 bits per heavy atom. The summed E-state index contributed by atoms with van der Waals surface area (Å²) in [5, 5.41) is 7.11. The van der Waals surface area contributed by atoms with E-state index >= 15 is 0 Å². The molecule has 0 spiro atoms. The second-order valence-corrected chi connectivity index (χ2v) is 15.7. The number of benzene rings is 10. The van der Waals surface area contributed by atoms with E-state index in [9.17, 15) is 0 Å². The molecular weight excluding hydrogens is 741 g/mol. The minimum atomic E-state index is 0.896. The number of para-hydroxylation sites is 2. The van der Waals surface area contributed by atoms with Crippen molar-refractivity contribution in [3.05, 3.63) is 231 Å². The lowest BCUT2D eigenvalue weighted by Gasteiger charge is -2.26. The van der Waals surface area contributed by atoms with Gasteiger partial charge in [-0.05, 0) is 112 Å². The molecular formula is C58H38N2O. The summed E-state index contributed by atoms with van der Waals surface area (Å²) in [6, 6.07) is 82.8. The molecule has 3 heteroatoms. The molecule has 0 unspecified atom stereocenters. The van der Waals surface area contributed by atoms with Crippen LogP contribution in [0.1, 0.15) is 0 Å². The van der Waals surface area contributed by atoms with Gasteiger partial charge < -0.3 is 13.9 Å². The Hall–Kier alpha value is -8.14. The molecule has 0 saturated carbocycles. The van der Waals surface area contributed by atoms with Crippen molar-refractivity contribution in [2.45, 2.75) is 0 Å². The van der Waals surface area contributed by atoms with E-state index in [2.05, 4.69) is 240 Å². The van der Waals surface area contributed by atoms with Crippen LogP contribution in [0.25, 0.3) is 93.6 Å². The molecule has 61 heavy (non-hydrogen) atoms. The van der Waals surface area contributed by atoms with Crippen LogP contribution in [-0.2, 0) is 0 Å². The van der Waals surface area contributed by atoms with E-state index in [0.717, 1.165) is 66.8 Å². The summed E-state index contributed by atoms with van der Waals surface area (Å²) in [6.45, 7) is 0. The first-order chi connectivity index (χ1) is 30.2. The van der Waals surface area contributed by atoms with Crippen LogP contribution in [-0.4, -0.2) is 4.57 Å². The van der Waals surface area contributed by atoms with Crippen LogP contribution < -0.4 is 4.90 Å². The summed E-state index contributed by atoms with van der Waals surface area (Å²) >= 11 is 0. The summed E-state index contributed by atoms with van der Waals surface area (Å²) in [6.07, 6.45) is 0. The molecule has 0 bridgehead atoms. The van der Waals surface area contributed by atoms with Gasteiger partial charge in [0.15, 0.2) is 0 Å². The number of nitrogens with zero attached hydrogens (tertiary/aromatic N) is 2. The highest BCUT2D eigenvalue weighted by Gasteiger charge is 2.18.